The number of anilines is 5. The van der Waals surface area contributed by atoms with Crippen LogP contribution in [-0.4, -0.2) is 22.1 Å². The number of aromatic hydroxyl groups is 1. The van der Waals surface area contributed by atoms with Gasteiger partial charge in [0.05, 0.1) is 28.4 Å². The van der Waals surface area contributed by atoms with E-state index in [1.165, 1.54) is 6.07 Å². The van der Waals surface area contributed by atoms with Gasteiger partial charge >= 0.3 is 0 Å². The smallest absolute Gasteiger partial charge is 0.141 e. The number of hydrogen-bond acceptors (Lipinski definition) is 5. The summed E-state index contributed by atoms with van der Waals surface area (Å²) < 4.78 is 74.0. The fraction of sp³-hybridized carbons (Fsp3) is 0.235. The van der Waals surface area contributed by atoms with E-state index in [1.807, 2.05) is 55.6 Å². The van der Waals surface area contributed by atoms with Crippen LogP contribution in [0.2, 0.25) is 0 Å². The third kappa shape index (κ3) is 4.09. The number of benzene rings is 3. The Morgan fingerprint density at radius 2 is 1.64 bits per heavy atom. The van der Waals surface area contributed by atoms with E-state index >= 15 is 0 Å². The molecule has 0 saturated carbocycles. The van der Waals surface area contributed by atoms with Crippen molar-refractivity contribution >= 4 is 39.5 Å². The van der Waals surface area contributed by atoms with E-state index in [2.05, 4.69) is 34.7 Å². The van der Waals surface area contributed by atoms with Crippen molar-refractivity contribution in [2.24, 2.45) is 0 Å². The second-order valence-corrected chi connectivity index (χ2v) is 10.1. The maximum absolute atomic E-state index is 11.0. The van der Waals surface area contributed by atoms with Crippen LogP contribution < -0.4 is 9.80 Å². The number of aromatic nitrogens is 2. The molecule has 0 radical (unpaired) electrons. The Balaban J connectivity index is 1.63. The summed E-state index contributed by atoms with van der Waals surface area (Å²) in [6.07, 6.45) is 1.73. The highest BCUT2D eigenvalue weighted by Crippen LogP contribution is 2.53. The Bertz CT molecular complexity index is 1990. The fourth-order valence-electron chi connectivity index (χ4n) is 5.38. The van der Waals surface area contributed by atoms with Crippen LogP contribution in [0.4, 0.5) is 28.6 Å². The topological polar surface area (TPSA) is 52.5 Å². The molecule has 5 nitrogen and oxygen atoms in total. The normalized spacial score (nSPS) is 17.5. The molecule has 1 aliphatic heterocycles. The van der Waals surface area contributed by atoms with Crippen molar-refractivity contribution < 1.29 is 17.4 Å². The minimum atomic E-state index is -3.46. The summed E-state index contributed by atoms with van der Waals surface area (Å²) in [6, 6.07) is 22.9. The summed E-state index contributed by atoms with van der Waals surface area (Å²) in [5, 5.41) is 10.9. The lowest BCUT2D eigenvalue weighted by Crippen LogP contribution is -2.26. The molecule has 0 unspecified atom stereocenters. The van der Waals surface area contributed by atoms with Gasteiger partial charge in [-0.2, -0.15) is 0 Å². The zero-order valence-corrected chi connectivity index (χ0v) is 21.9. The van der Waals surface area contributed by atoms with Gasteiger partial charge in [-0.15, -0.1) is 0 Å². The van der Waals surface area contributed by atoms with Gasteiger partial charge in [0.1, 0.15) is 17.1 Å². The lowest BCUT2D eigenvalue weighted by molar-refractivity contribution is 0.479. The Labute approximate surface area is 243 Å². The van der Waals surface area contributed by atoms with Gasteiger partial charge in [-0.1, -0.05) is 64.7 Å². The minimum absolute atomic E-state index is 0.0657. The number of phenols is 1. The number of fused-ring (bicyclic) bond motifs is 3. The zero-order valence-electron chi connectivity index (χ0n) is 30.9. The van der Waals surface area contributed by atoms with Crippen LogP contribution in [0.25, 0.3) is 22.2 Å². The van der Waals surface area contributed by atoms with Crippen molar-refractivity contribution in [2.45, 2.75) is 45.7 Å². The van der Waals surface area contributed by atoms with Gasteiger partial charge in [0.2, 0.25) is 0 Å². The maximum Gasteiger partial charge on any atom is 0.141 e. The number of pyridine rings is 2. The van der Waals surface area contributed by atoms with E-state index in [0.29, 0.717) is 17.1 Å². The molecular formula is C34H34N4O. The molecule has 39 heavy (non-hydrogen) atoms. The Morgan fingerprint density at radius 1 is 0.872 bits per heavy atom. The van der Waals surface area contributed by atoms with Crippen LogP contribution in [0, 0.1) is 0 Å². The number of hydrogen-bond donors (Lipinski definition) is 1. The molecule has 6 rings (SSSR count). The number of nitrogens with zero attached hydrogens (tertiary/aromatic N) is 4. The van der Waals surface area contributed by atoms with Crippen LogP contribution >= 0.6 is 0 Å². The second kappa shape index (κ2) is 9.12. The summed E-state index contributed by atoms with van der Waals surface area (Å²) in [6.45, 7) is -6.22. The van der Waals surface area contributed by atoms with Crippen LogP contribution in [0.3, 0.4) is 0 Å². The summed E-state index contributed by atoms with van der Waals surface area (Å²) in [7, 11) is 2.01. The highest BCUT2D eigenvalue weighted by atomic mass is 16.3. The molecule has 0 atom stereocenters. The minimum Gasteiger partial charge on any atom is -0.506 e. The summed E-state index contributed by atoms with van der Waals surface area (Å²) >= 11 is 0. The lowest BCUT2D eigenvalue weighted by atomic mass is 9.84. The van der Waals surface area contributed by atoms with Gasteiger partial charge in [-0.3, -0.25) is 4.90 Å². The molecule has 3 aromatic carbocycles. The first-order valence-electron chi connectivity index (χ1n) is 17.3. The number of rotatable bonds is 3. The Hall–Kier alpha value is -4.38. The monoisotopic (exact) mass is 523 g/mol. The van der Waals surface area contributed by atoms with Crippen molar-refractivity contribution in [3.63, 3.8) is 0 Å². The molecule has 0 saturated heterocycles. The van der Waals surface area contributed by atoms with Crippen molar-refractivity contribution in [1.29, 1.82) is 0 Å². The van der Waals surface area contributed by atoms with Crippen molar-refractivity contribution in [3.05, 3.63) is 96.2 Å². The van der Waals surface area contributed by atoms with E-state index in [9.17, 15) is 5.11 Å². The molecule has 1 aliphatic rings. The third-order valence-corrected chi connectivity index (χ3v) is 7.22. The Kier molecular flexibility index (Phi) is 3.87. The first kappa shape index (κ1) is 16.6. The average Bonchev–Trinajstić information content (AvgIpc) is 3.00. The van der Waals surface area contributed by atoms with E-state index in [1.54, 1.807) is 12.3 Å². The van der Waals surface area contributed by atoms with Crippen LogP contribution in [-0.2, 0) is 5.41 Å². The Morgan fingerprint density at radius 3 is 2.36 bits per heavy atom. The molecular weight excluding hydrogens is 480 g/mol. The highest BCUT2D eigenvalue weighted by Gasteiger charge is 2.31. The first-order valence-corrected chi connectivity index (χ1v) is 12.8. The van der Waals surface area contributed by atoms with Gasteiger partial charge < -0.3 is 10.0 Å². The zero-order chi connectivity index (χ0) is 35.0. The van der Waals surface area contributed by atoms with Crippen LogP contribution in [0.5, 0.6) is 5.75 Å². The SMILES string of the molecule is [2H]C([2H])([2H])C(c1ccc(O)c2nc(-c3cc(C(C)C)c4c(c3)N(c3ccccn3)c3ccccc3N4C)ccc12)(C([2H])([2H])[2H])C([2H])([2H])[2H]. The number of phenolic OH excluding ortho intramolecular Hbond substituents is 1. The van der Waals surface area contributed by atoms with Gasteiger partial charge in [-0.05, 0) is 71.0 Å². The lowest BCUT2D eigenvalue weighted by Gasteiger charge is -2.40. The fourth-order valence-corrected chi connectivity index (χ4v) is 5.38. The third-order valence-electron chi connectivity index (χ3n) is 7.22. The van der Waals surface area contributed by atoms with Crippen molar-refractivity contribution in [1.82, 2.24) is 9.97 Å². The quantitative estimate of drug-likeness (QED) is 0.256. The standard InChI is InChI=1S/C34H34N4O/c1-21(2)24-19-22(26-16-14-23-25(34(3,4)5)15-17-30(39)32(23)36-26)20-29-33(24)37(6)27-11-7-8-12-28(27)38(29)31-13-9-10-18-35-31/h7-21,39H,1-6H3/i3D3,4D3,5D3. The summed E-state index contributed by atoms with van der Waals surface area (Å²) in [4.78, 5) is 13.6. The maximum atomic E-state index is 11.0. The van der Waals surface area contributed by atoms with Gasteiger partial charge in [0, 0.05) is 36.5 Å². The molecule has 0 aliphatic carbocycles. The molecule has 196 valence electrons. The molecule has 0 spiro atoms. The highest BCUT2D eigenvalue weighted by molar-refractivity contribution is 6.00. The first-order chi connectivity index (χ1) is 22.4. The predicted molar refractivity (Wildman–Crippen MR) is 162 cm³/mol. The molecule has 2 aromatic heterocycles. The van der Waals surface area contributed by atoms with Gasteiger partial charge in [-0.25, -0.2) is 9.97 Å². The predicted octanol–water partition coefficient (Wildman–Crippen LogP) is 8.97. The largest absolute Gasteiger partial charge is 0.506 e. The second-order valence-electron chi connectivity index (χ2n) is 10.1. The van der Waals surface area contributed by atoms with Gasteiger partial charge in [0.15, 0.2) is 0 Å². The van der Waals surface area contributed by atoms with Crippen molar-refractivity contribution in [2.75, 3.05) is 16.8 Å². The molecule has 0 fully saturated rings. The van der Waals surface area contributed by atoms with Crippen LogP contribution in [0.15, 0.2) is 85.1 Å². The molecule has 0 bridgehead atoms. The molecule has 1 N–H and O–H groups in total. The number of para-hydroxylation sites is 2. The molecule has 5 aromatic rings. The molecule has 0 amide bonds. The van der Waals surface area contributed by atoms with E-state index < -0.39 is 31.5 Å². The average molecular weight is 524 g/mol. The molecule has 5 heteroatoms. The molecule has 3 heterocycles. The van der Waals surface area contributed by atoms with Crippen molar-refractivity contribution in [3.8, 4) is 17.0 Å². The van der Waals surface area contributed by atoms with E-state index in [4.69, 9.17) is 17.3 Å². The van der Waals surface area contributed by atoms with E-state index in [-0.39, 0.29) is 22.6 Å². The van der Waals surface area contributed by atoms with E-state index in [0.717, 1.165) is 40.4 Å². The summed E-state index contributed by atoms with van der Waals surface area (Å²) in [5.74, 6) is 0.420. The van der Waals surface area contributed by atoms with Gasteiger partial charge in [0.25, 0.3) is 0 Å². The summed E-state index contributed by atoms with van der Waals surface area (Å²) in [5.41, 5.74) is 1.99. The van der Waals surface area contributed by atoms with Crippen LogP contribution in [0.1, 0.15) is 63.8 Å².